The van der Waals surface area contributed by atoms with Crippen LogP contribution in [0.25, 0.3) is 0 Å². The highest BCUT2D eigenvalue weighted by molar-refractivity contribution is 5.98. The summed E-state index contributed by atoms with van der Waals surface area (Å²) >= 11 is 0. The second kappa shape index (κ2) is 7.02. The van der Waals surface area contributed by atoms with Crippen molar-refractivity contribution in [1.29, 1.82) is 0 Å². The first-order chi connectivity index (χ1) is 10.3. The summed E-state index contributed by atoms with van der Waals surface area (Å²) in [5.41, 5.74) is -0.993. The van der Waals surface area contributed by atoms with Crippen molar-refractivity contribution < 1.29 is 19.6 Å². The number of nitro groups is 1. The maximum atomic E-state index is 12.2. The van der Waals surface area contributed by atoms with Gasteiger partial charge in [0.25, 0.3) is 11.6 Å². The van der Waals surface area contributed by atoms with E-state index in [-0.39, 0.29) is 17.8 Å². The highest BCUT2D eigenvalue weighted by Gasteiger charge is 2.35. The van der Waals surface area contributed by atoms with Crippen LogP contribution in [0, 0.1) is 22.5 Å². The summed E-state index contributed by atoms with van der Waals surface area (Å²) in [5, 5.41) is 23.0. The van der Waals surface area contributed by atoms with Gasteiger partial charge in [-0.15, -0.1) is 0 Å². The van der Waals surface area contributed by atoms with E-state index in [1.54, 1.807) is 32.9 Å². The number of nitro benzene ring substituents is 1. The van der Waals surface area contributed by atoms with E-state index in [0.717, 1.165) is 0 Å². The minimum Gasteiger partial charge on any atom is -0.481 e. The van der Waals surface area contributed by atoms with Crippen molar-refractivity contribution in [2.75, 3.05) is 6.54 Å². The predicted octanol–water partition coefficient (Wildman–Crippen LogP) is 2.52. The van der Waals surface area contributed by atoms with E-state index < -0.39 is 22.2 Å². The number of amides is 1. The van der Waals surface area contributed by atoms with Crippen LogP contribution in [-0.4, -0.2) is 28.5 Å². The van der Waals surface area contributed by atoms with Crippen LogP contribution in [0.3, 0.4) is 0 Å². The molecule has 1 aromatic carbocycles. The van der Waals surface area contributed by atoms with E-state index in [4.69, 9.17) is 0 Å². The molecule has 0 radical (unpaired) electrons. The average molecular weight is 308 g/mol. The zero-order valence-electron chi connectivity index (χ0n) is 12.9. The molecule has 0 aliphatic heterocycles. The van der Waals surface area contributed by atoms with Gasteiger partial charge in [-0.25, -0.2) is 0 Å². The third-order valence-electron chi connectivity index (χ3n) is 4.06. The number of aliphatic carboxylic acids is 1. The molecule has 1 aromatic rings. The Morgan fingerprint density at radius 3 is 2.36 bits per heavy atom. The van der Waals surface area contributed by atoms with Crippen LogP contribution in [0.4, 0.5) is 5.69 Å². The summed E-state index contributed by atoms with van der Waals surface area (Å²) in [6, 6.07) is 4.47. The molecule has 7 nitrogen and oxygen atoms in total. The number of carboxylic acid groups (broad SMARTS) is 1. The lowest BCUT2D eigenvalue weighted by molar-refractivity contribution is -0.385. The van der Waals surface area contributed by atoms with Crippen molar-refractivity contribution in [1.82, 2.24) is 5.32 Å². The first-order valence-corrected chi connectivity index (χ1v) is 7.04. The molecule has 0 aromatic heterocycles. The molecule has 0 saturated carbocycles. The number of benzene rings is 1. The quantitative estimate of drug-likeness (QED) is 0.594. The number of hydrogen-bond acceptors (Lipinski definition) is 4. The van der Waals surface area contributed by atoms with Gasteiger partial charge in [0.05, 0.1) is 10.3 Å². The van der Waals surface area contributed by atoms with Crippen LogP contribution in [0.5, 0.6) is 0 Å². The van der Waals surface area contributed by atoms with Crippen LogP contribution in [0.2, 0.25) is 0 Å². The van der Waals surface area contributed by atoms with E-state index in [9.17, 15) is 24.8 Å². The minimum absolute atomic E-state index is 0.0588. The van der Waals surface area contributed by atoms with Crippen molar-refractivity contribution in [3.05, 3.63) is 39.4 Å². The zero-order chi connectivity index (χ0) is 16.9. The molecule has 0 fully saturated rings. The maximum absolute atomic E-state index is 12.2. The smallest absolute Gasteiger partial charge is 0.311 e. The normalized spacial score (nSPS) is 11.0. The van der Waals surface area contributed by atoms with Crippen molar-refractivity contribution in [3.8, 4) is 0 Å². The van der Waals surface area contributed by atoms with Gasteiger partial charge in [0, 0.05) is 12.1 Å². The second-order valence-electron chi connectivity index (χ2n) is 5.20. The minimum atomic E-state index is -1.06. The molecule has 0 aliphatic rings. The van der Waals surface area contributed by atoms with E-state index in [1.165, 1.54) is 6.07 Å². The molecule has 0 atom stereocenters. The van der Waals surface area contributed by atoms with Crippen LogP contribution >= 0.6 is 0 Å². The lowest BCUT2D eigenvalue weighted by atomic mass is 9.82. The van der Waals surface area contributed by atoms with Gasteiger partial charge < -0.3 is 10.4 Å². The van der Waals surface area contributed by atoms with Gasteiger partial charge in [0.1, 0.15) is 5.56 Å². The number of carboxylic acids is 1. The summed E-state index contributed by atoms with van der Waals surface area (Å²) < 4.78 is 0. The van der Waals surface area contributed by atoms with Crippen molar-refractivity contribution >= 4 is 17.6 Å². The van der Waals surface area contributed by atoms with Gasteiger partial charge in [-0.1, -0.05) is 26.0 Å². The Morgan fingerprint density at radius 2 is 1.91 bits per heavy atom. The number of carbonyl (C=O) groups excluding carboxylic acids is 1. The Morgan fingerprint density at radius 1 is 1.32 bits per heavy atom. The molecule has 0 bridgehead atoms. The monoisotopic (exact) mass is 308 g/mol. The zero-order valence-corrected chi connectivity index (χ0v) is 12.9. The number of carbonyl (C=O) groups is 2. The Hall–Kier alpha value is -2.44. The van der Waals surface area contributed by atoms with Gasteiger partial charge in [-0.05, 0) is 25.8 Å². The lowest BCUT2D eigenvalue weighted by Crippen LogP contribution is -2.42. The van der Waals surface area contributed by atoms with Crippen LogP contribution < -0.4 is 5.32 Å². The number of aryl methyl sites for hydroxylation is 1. The number of para-hydroxylation sites is 1. The molecule has 0 spiro atoms. The fourth-order valence-corrected chi connectivity index (χ4v) is 2.31. The standard InChI is InChI=1S/C15H20N2O5/c1-4-15(5-2,14(19)20)9-16-13(18)11-8-6-7-10(3)12(11)17(21)22/h6-8H,4-5,9H2,1-3H3,(H,16,18)(H,19,20). The second-order valence-corrected chi connectivity index (χ2v) is 5.20. The van der Waals surface area contributed by atoms with Crippen molar-refractivity contribution in [2.45, 2.75) is 33.6 Å². The Labute approximate surface area is 128 Å². The van der Waals surface area contributed by atoms with E-state index in [0.29, 0.717) is 18.4 Å². The number of nitrogens with zero attached hydrogens (tertiary/aromatic N) is 1. The molecule has 1 amide bonds. The van der Waals surface area contributed by atoms with Gasteiger partial charge in [0.15, 0.2) is 0 Å². The summed E-state index contributed by atoms with van der Waals surface area (Å²) in [4.78, 5) is 34.1. The summed E-state index contributed by atoms with van der Waals surface area (Å²) in [6.45, 7) is 4.95. The van der Waals surface area contributed by atoms with E-state index in [2.05, 4.69) is 5.32 Å². The van der Waals surface area contributed by atoms with Gasteiger partial charge in [-0.2, -0.15) is 0 Å². The Balaban J connectivity index is 3.02. The van der Waals surface area contributed by atoms with Crippen LogP contribution in [0.15, 0.2) is 18.2 Å². The molecular formula is C15H20N2O5. The fourth-order valence-electron chi connectivity index (χ4n) is 2.31. The van der Waals surface area contributed by atoms with Gasteiger partial charge in [0.2, 0.25) is 0 Å². The summed E-state index contributed by atoms with van der Waals surface area (Å²) in [5.74, 6) is -1.63. The molecule has 7 heteroatoms. The summed E-state index contributed by atoms with van der Waals surface area (Å²) in [6.07, 6.45) is 0.712. The molecule has 0 heterocycles. The molecule has 0 saturated heterocycles. The molecule has 1 rings (SSSR count). The first-order valence-electron chi connectivity index (χ1n) is 7.04. The van der Waals surface area contributed by atoms with E-state index >= 15 is 0 Å². The van der Waals surface area contributed by atoms with Crippen LogP contribution in [-0.2, 0) is 4.79 Å². The molecule has 120 valence electrons. The third kappa shape index (κ3) is 3.41. The average Bonchev–Trinajstić information content (AvgIpc) is 2.47. The van der Waals surface area contributed by atoms with Gasteiger partial charge in [-0.3, -0.25) is 19.7 Å². The largest absolute Gasteiger partial charge is 0.481 e. The summed E-state index contributed by atoms with van der Waals surface area (Å²) in [7, 11) is 0. The van der Waals surface area contributed by atoms with Crippen molar-refractivity contribution in [3.63, 3.8) is 0 Å². The van der Waals surface area contributed by atoms with E-state index in [1.807, 2.05) is 0 Å². The predicted molar refractivity (Wildman–Crippen MR) is 80.8 cm³/mol. The fraction of sp³-hybridized carbons (Fsp3) is 0.467. The van der Waals surface area contributed by atoms with Crippen LogP contribution in [0.1, 0.15) is 42.6 Å². The number of rotatable bonds is 7. The lowest BCUT2D eigenvalue weighted by Gasteiger charge is -2.26. The third-order valence-corrected chi connectivity index (χ3v) is 4.06. The SMILES string of the molecule is CCC(CC)(CNC(=O)c1cccc(C)c1[N+](=O)[O-])C(=O)O. The topological polar surface area (TPSA) is 110 Å². The highest BCUT2D eigenvalue weighted by Crippen LogP contribution is 2.27. The molecular weight excluding hydrogens is 288 g/mol. The number of hydrogen-bond donors (Lipinski definition) is 2. The Kier molecular flexibility index (Phi) is 5.62. The molecule has 22 heavy (non-hydrogen) atoms. The molecule has 2 N–H and O–H groups in total. The highest BCUT2D eigenvalue weighted by atomic mass is 16.6. The Bertz CT molecular complexity index is 594. The number of nitrogens with one attached hydrogen (secondary N) is 1. The maximum Gasteiger partial charge on any atom is 0.311 e. The molecule has 0 unspecified atom stereocenters. The molecule has 0 aliphatic carbocycles. The van der Waals surface area contributed by atoms with Crippen molar-refractivity contribution in [2.24, 2.45) is 5.41 Å². The van der Waals surface area contributed by atoms with Gasteiger partial charge >= 0.3 is 5.97 Å². The first kappa shape index (κ1) is 17.6.